The number of hydrogen-bond acceptors (Lipinski definition) is 5. The van der Waals surface area contributed by atoms with Gasteiger partial charge in [-0.1, -0.05) is 11.6 Å². The van der Waals surface area contributed by atoms with Crippen LogP contribution in [0.2, 0.25) is 5.15 Å². The number of nitrogens with two attached hydrogens (primary N) is 1. The van der Waals surface area contributed by atoms with Crippen molar-refractivity contribution in [3.8, 4) is 0 Å². The third-order valence-electron chi connectivity index (χ3n) is 2.58. The van der Waals surface area contributed by atoms with E-state index in [1.165, 1.54) is 6.07 Å². The van der Waals surface area contributed by atoms with E-state index in [4.69, 9.17) is 17.4 Å². The fourth-order valence-electron chi connectivity index (χ4n) is 1.45. The van der Waals surface area contributed by atoms with E-state index in [2.05, 4.69) is 10.4 Å². The van der Waals surface area contributed by atoms with Gasteiger partial charge in [-0.2, -0.15) is 11.8 Å². The van der Waals surface area contributed by atoms with Gasteiger partial charge in [0, 0.05) is 24.4 Å². The summed E-state index contributed by atoms with van der Waals surface area (Å²) in [6.07, 6.45) is 2.01. The predicted molar refractivity (Wildman–Crippen MR) is 77.0 cm³/mol. The van der Waals surface area contributed by atoms with Gasteiger partial charge in [0.2, 0.25) is 0 Å². The number of nitrogen functional groups attached to an aromatic ring is 1. The van der Waals surface area contributed by atoms with E-state index in [0.29, 0.717) is 11.4 Å². The van der Waals surface area contributed by atoms with Gasteiger partial charge in [-0.25, -0.2) is 10.8 Å². The van der Waals surface area contributed by atoms with E-state index >= 15 is 0 Å². The fourth-order valence-corrected chi connectivity index (χ4v) is 2.37. The molecule has 1 unspecified atom stereocenters. The maximum absolute atomic E-state index is 12.2. The Labute approximate surface area is 116 Å². The Balaban J connectivity index is 2.92. The summed E-state index contributed by atoms with van der Waals surface area (Å²) >= 11 is 7.53. The molecule has 5 nitrogen and oxygen atoms in total. The summed E-state index contributed by atoms with van der Waals surface area (Å²) in [5.41, 5.74) is 2.86. The number of rotatable bonds is 5. The number of nitrogens with one attached hydrogen (secondary N) is 1. The molecule has 18 heavy (non-hydrogen) atoms. The Kier molecular flexibility index (Phi) is 5.71. The number of hydrazine groups is 1. The topological polar surface area (TPSA) is 71.2 Å². The molecule has 1 heterocycles. The van der Waals surface area contributed by atoms with Crippen molar-refractivity contribution in [3.63, 3.8) is 0 Å². The molecule has 1 aromatic rings. The van der Waals surface area contributed by atoms with E-state index in [-0.39, 0.29) is 17.1 Å². The van der Waals surface area contributed by atoms with E-state index in [1.807, 2.05) is 13.2 Å². The molecule has 1 atom stereocenters. The summed E-state index contributed by atoms with van der Waals surface area (Å²) in [5, 5.41) is 0.236. The summed E-state index contributed by atoms with van der Waals surface area (Å²) in [5.74, 6) is 6.42. The molecule has 3 N–H and O–H groups in total. The maximum Gasteiger partial charge on any atom is 0.254 e. The van der Waals surface area contributed by atoms with E-state index < -0.39 is 0 Å². The molecule has 0 aliphatic heterocycles. The van der Waals surface area contributed by atoms with Gasteiger partial charge in [-0.15, -0.1) is 0 Å². The highest BCUT2D eigenvalue weighted by Gasteiger charge is 2.18. The van der Waals surface area contributed by atoms with Crippen LogP contribution in [0.25, 0.3) is 0 Å². The molecule has 0 spiro atoms. The average Bonchev–Trinajstić information content (AvgIpc) is 2.36. The smallest absolute Gasteiger partial charge is 0.254 e. The van der Waals surface area contributed by atoms with Crippen molar-refractivity contribution >= 4 is 35.1 Å². The van der Waals surface area contributed by atoms with Crippen molar-refractivity contribution in [1.82, 2.24) is 9.88 Å². The maximum atomic E-state index is 12.2. The lowest BCUT2D eigenvalue weighted by molar-refractivity contribution is 0.0757. The quantitative estimate of drug-likeness (QED) is 0.491. The van der Waals surface area contributed by atoms with Gasteiger partial charge in [-0.3, -0.25) is 4.79 Å². The number of halogens is 1. The lowest BCUT2D eigenvalue weighted by Gasteiger charge is -2.24. The first-order chi connectivity index (χ1) is 8.49. The molecule has 1 aromatic heterocycles. The zero-order chi connectivity index (χ0) is 13.7. The normalized spacial score (nSPS) is 12.1. The molecule has 0 aromatic carbocycles. The highest BCUT2D eigenvalue weighted by Crippen LogP contribution is 2.16. The molecule has 0 saturated carbocycles. The molecular weight excluding hydrogens is 272 g/mol. The number of hydrogen-bond donors (Lipinski definition) is 2. The molecule has 0 radical (unpaired) electrons. The van der Waals surface area contributed by atoms with Crippen LogP contribution in [0.4, 0.5) is 5.82 Å². The minimum atomic E-state index is -0.0997. The van der Waals surface area contributed by atoms with Crippen LogP contribution < -0.4 is 11.3 Å². The zero-order valence-electron chi connectivity index (χ0n) is 10.6. The molecule has 0 aliphatic carbocycles. The Bertz CT molecular complexity index is 430. The van der Waals surface area contributed by atoms with Crippen LogP contribution in [0, 0.1) is 0 Å². The Morgan fingerprint density at radius 3 is 2.89 bits per heavy atom. The number of pyridine rings is 1. The van der Waals surface area contributed by atoms with Gasteiger partial charge in [-0.05, 0) is 25.3 Å². The molecule has 0 saturated heterocycles. The third-order valence-corrected chi connectivity index (χ3v) is 3.59. The molecule has 0 bridgehead atoms. The Morgan fingerprint density at radius 1 is 1.67 bits per heavy atom. The number of carbonyl (C=O) groups is 1. The summed E-state index contributed by atoms with van der Waals surface area (Å²) in [7, 11) is 1.77. The van der Waals surface area contributed by atoms with Crippen molar-refractivity contribution < 1.29 is 4.79 Å². The minimum Gasteiger partial charge on any atom is -0.338 e. The molecule has 1 amide bonds. The van der Waals surface area contributed by atoms with E-state index in [9.17, 15) is 4.79 Å². The number of nitrogens with zero attached hydrogens (tertiary/aromatic N) is 2. The molecule has 7 heteroatoms. The van der Waals surface area contributed by atoms with Crippen LogP contribution in [-0.4, -0.2) is 40.9 Å². The zero-order valence-corrected chi connectivity index (χ0v) is 12.2. The van der Waals surface area contributed by atoms with Crippen molar-refractivity contribution in [2.24, 2.45) is 5.84 Å². The second kappa shape index (κ2) is 6.82. The first kappa shape index (κ1) is 15.1. The van der Waals surface area contributed by atoms with Crippen LogP contribution in [-0.2, 0) is 0 Å². The lowest BCUT2D eigenvalue weighted by atomic mass is 10.2. The second-order valence-electron chi connectivity index (χ2n) is 3.93. The number of aromatic nitrogens is 1. The van der Waals surface area contributed by atoms with Gasteiger partial charge >= 0.3 is 0 Å². The molecule has 0 fully saturated rings. The monoisotopic (exact) mass is 288 g/mol. The van der Waals surface area contributed by atoms with Crippen LogP contribution in [0.5, 0.6) is 0 Å². The highest BCUT2D eigenvalue weighted by atomic mass is 35.5. The van der Waals surface area contributed by atoms with Gasteiger partial charge in [0.05, 0.1) is 0 Å². The number of carbonyl (C=O) groups excluding carboxylic acids is 1. The predicted octanol–water partition coefficient (Wildman–Crippen LogP) is 1.84. The summed E-state index contributed by atoms with van der Waals surface area (Å²) in [4.78, 5) is 17.9. The first-order valence-electron chi connectivity index (χ1n) is 5.40. The second-order valence-corrected chi connectivity index (χ2v) is 5.23. The number of thioether (sulfide) groups is 1. The van der Waals surface area contributed by atoms with Crippen molar-refractivity contribution in [2.75, 3.05) is 24.5 Å². The Morgan fingerprint density at radius 2 is 2.33 bits per heavy atom. The van der Waals surface area contributed by atoms with Crippen LogP contribution >= 0.6 is 23.4 Å². The molecule has 0 aliphatic rings. The lowest BCUT2D eigenvalue weighted by Crippen LogP contribution is -2.36. The van der Waals surface area contributed by atoms with E-state index in [1.54, 1.807) is 29.8 Å². The van der Waals surface area contributed by atoms with Gasteiger partial charge < -0.3 is 10.3 Å². The highest BCUT2D eigenvalue weighted by molar-refractivity contribution is 7.98. The summed E-state index contributed by atoms with van der Waals surface area (Å²) < 4.78 is 0. The number of anilines is 1. The van der Waals surface area contributed by atoms with Crippen molar-refractivity contribution in [1.29, 1.82) is 0 Å². The molecule has 1 rings (SSSR count). The largest absolute Gasteiger partial charge is 0.338 e. The van der Waals surface area contributed by atoms with Crippen molar-refractivity contribution in [2.45, 2.75) is 13.0 Å². The van der Waals surface area contributed by atoms with Gasteiger partial charge in [0.25, 0.3) is 5.91 Å². The first-order valence-corrected chi connectivity index (χ1v) is 7.17. The number of amides is 1. The van der Waals surface area contributed by atoms with Crippen molar-refractivity contribution in [3.05, 3.63) is 22.8 Å². The third kappa shape index (κ3) is 3.76. The summed E-state index contributed by atoms with van der Waals surface area (Å²) in [6, 6.07) is 3.26. The van der Waals surface area contributed by atoms with Crippen LogP contribution in [0.3, 0.4) is 0 Å². The molecule has 100 valence electrons. The molecular formula is C11H17ClN4OS. The fraction of sp³-hybridized carbons (Fsp3) is 0.455. The average molecular weight is 289 g/mol. The Hall–Kier alpha value is -0.980. The van der Waals surface area contributed by atoms with Gasteiger partial charge in [0.1, 0.15) is 11.0 Å². The minimum absolute atomic E-state index is 0.0997. The summed E-state index contributed by atoms with van der Waals surface area (Å²) in [6.45, 7) is 2.00. The van der Waals surface area contributed by atoms with Gasteiger partial charge in [0.15, 0.2) is 0 Å². The SMILES string of the molecule is CSCC(C)N(C)C(=O)c1cc(Cl)nc(NN)c1. The van der Waals surface area contributed by atoms with Crippen LogP contribution in [0.15, 0.2) is 12.1 Å². The standard InChI is InChI=1S/C11H17ClN4OS/c1-7(6-18-3)16(2)11(17)8-4-9(12)14-10(5-8)15-13/h4-5,7H,6,13H2,1-3H3,(H,14,15). The van der Waals surface area contributed by atoms with E-state index in [0.717, 1.165) is 5.75 Å². The van der Waals surface area contributed by atoms with Crippen LogP contribution in [0.1, 0.15) is 17.3 Å².